The normalized spacial score (nSPS) is 15.2. The summed E-state index contributed by atoms with van der Waals surface area (Å²) in [4.78, 5) is 2.26. The molecule has 0 unspecified atom stereocenters. The van der Waals surface area contributed by atoms with Crippen LogP contribution in [0.25, 0.3) is 0 Å². The molecule has 20 heavy (non-hydrogen) atoms. The molecule has 0 aliphatic heterocycles. The van der Waals surface area contributed by atoms with Crippen LogP contribution in [0.1, 0.15) is 43.7 Å². The number of nitrogens with one attached hydrogen (secondary N) is 1. The van der Waals surface area contributed by atoms with E-state index in [1.54, 1.807) is 0 Å². The molecular weight excluding hydrogens is 246 g/mol. The molecule has 1 fully saturated rings. The summed E-state index contributed by atoms with van der Waals surface area (Å²) in [6.07, 6.45) is 5.41. The first-order chi connectivity index (χ1) is 9.74. The Bertz CT molecular complexity index is 470. The highest BCUT2D eigenvalue weighted by atomic mass is 15.1. The lowest BCUT2D eigenvalue weighted by molar-refractivity contribution is 0.547. The fourth-order valence-electron chi connectivity index (χ4n) is 3.06. The molecule has 0 saturated heterocycles. The number of nitriles is 1. The predicted molar refractivity (Wildman–Crippen MR) is 83.8 cm³/mol. The molecule has 0 bridgehead atoms. The molecule has 3 heteroatoms. The van der Waals surface area contributed by atoms with E-state index in [1.165, 1.54) is 31.2 Å². The van der Waals surface area contributed by atoms with Gasteiger partial charge in [-0.05, 0) is 43.0 Å². The summed E-state index contributed by atoms with van der Waals surface area (Å²) in [6.45, 7) is 4.94. The number of benzene rings is 1. The van der Waals surface area contributed by atoms with E-state index in [1.807, 2.05) is 6.07 Å². The van der Waals surface area contributed by atoms with Gasteiger partial charge < -0.3 is 10.2 Å². The van der Waals surface area contributed by atoms with Crippen molar-refractivity contribution < 1.29 is 0 Å². The Hall–Kier alpha value is -1.53. The van der Waals surface area contributed by atoms with Crippen LogP contribution in [0.4, 0.5) is 5.69 Å². The van der Waals surface area contributed by atoms with Crippen molar-refractivity contribution in [2.45, 2.75) is 39.2 Å². The fourth-order valence-corrected chi connectivity index (χ4v) is 3.06. The zero-order valence-corrected chi connectivity index (χ0v) is 12.7. The minimum Gasteiger partial charge on any atom is -0.373 e. The van der Waals surface area contributed by atoms with Crippen molar-refractivity contribution in [1.82, 2.24) is 5.32 Å². The molecule has 0 heterocycles. The van der Waals surface area contributed by atoms with Gasteiger partial charge in [-0.2, -0.15) is 5.26 Å². The predicted octanol–water partition coefficient (Wildman–Crippen LogP) is 3.29. The SMILES string of the molecule is CCNCc1ccc(N(C)CC2CCCC2)c(C#N)c1. The maximum Gasteiger partial charge on any atom is 0.101 e. The third kappa shape index (κ3) is 3.74. The molecule has 1 aliphatic carbocycles. The van der Waals surface area contributed by atoms with Crippen molar-refractivity contribution in [3.63, 3.8) is 0 Å². The van der Waals surface area contributed by atoms with Crippen molar-refractivity contribution in [2.75, 3.05) is 25.0 Å². The van der Waals surface area contributed by atoms with Gasteiger partial charge in [-0.15, -0.1) is 0 Å². The van der Waals surface area contributed by atoms with Crippen LogP contribution < -0.4 is 10.2 Å². The largest absolute Gasteiger partial charge is 0.373 e. The van der Waals surface area contributed by atoms with Gasteiger partial charge >= 0.3 is 0 Å². The van der Waals surface area contributed by atoms with Crippen molar-refractivity contribution >= 4 is 5.69 Å². The van der Waals surface area contributed by atoms with Crippen molar-refractivity contribution in [3.05, 3.63) is 29.3 Å². The number of anilines is 1. The van der Waals surface area contributed by atoms with Gasteiger partial charge in [0.1, 0.15) is 6.07 Å². The Morgan fingerprint density at radius 1 is 1.35 bits per heavy atom. The lowest BCUT2D eigenvalue weighted by atomic mass is 10.1. The van der Waals surface area contributed by atoms with Crippen LogP contribution in [-0.2, 0) is 6.54 Å². The molecule has 2 rings (SSSR count). The Morgan fingerprint density at radius 2 is 2.10 bits per heavy atom. The molecule has 3 nitrogen and oxygen atoms in total. The van der Waals surface area contributed by atoms with E-state index in [-0.39, 0.29) is 0 Å². The van der Waals surface area contributed by atoms with E-state index in [0.717, 1.165) is 36.8 Å². The average Bonchev–Trinajstić information content (AvgIpc) is 2.97. The summed E-state index contributed by atoms with van der Waals surface area (Å²) in [5.74, 6) is 0.799. The number of hydrogen-bond acceptors (Lipinski definition) is 3. The lowest BCUT2D eigenvalue weighted by Crippen LogP contribution is -2.25. The molecule has 1 saturated carbocycles. The van der Waals surface area contributed by atoms with Gasteiger partial charge in [-0.3, -0.25) is 0 Å². The smallest absolute Gasteiger partial charge is 0.101 e. The zero-order valence-electron chi connectivity index (χ0n) is 12.7. The summed E-state index contributed by atoms with van der Waals surface area (Å²) < 4.78 is 0. The summed E-state index contributed by atoms with van der Waals surface area (Å²) in [6, 6.07) is 8.59. The Balaban J connectivity index is 2.07. The van der Waals surface area contributed by atoms with Crippen molar-refractivity contribution in [1.29, 1.82) is 5.26 Å². The van der Waals surface area contributed by atoms with E-state index < -0.39 is 0 Å². The molecule has 0 amide bonds. The van der Waals surface area contributed by atoms with Crippen LogP contribution in [0.3, 0.4) is 0 Å². The number of nitrogens with zero attached hydrogens (tertiary/aromatic N) is 2. The highest BCUT2D eigenvalue weighted by Gasteiger charge is 2.18. The second-order valence-electron chi connectivity index (χ2n) is 5.77. The Morgan fingerprint density at radius 3 is 2.75 bits per heavy atom. The lowest BCUT2D eigenvalue weighted by Gasteiger charge is -2.24. The molecule has 108 valence electrons. The Labute approximate surface area is 122 Å². The maximum absolute atomic E-state index is 9.38. The van der Waals surface area contributed by atoms with Crippen LogP contribution in [0, 0.1) is 17.2 Å². The van der Waals surface area contributed by atoms with E-state index in [2.05, 4.69) is 42.4 Å². The van der Waals surface area contributed by atoms with Gasteiger partial charge in [-0.1, -0.05) is 25.8 Å². The molecule has 1 aromatic carbocycles. The molecule has 1 aliphatic rings. The molecule has 0 radical (unpaired) electrons. The highest BCUT2D eigenvalue weighted by molar-refractivity contribution is 5.60. The van der Waals surface area contributed by atoms with Crippen LogP contribution in [0.15, 0.2) is 18.2 Å². The second-order valence-corrected chi connectivity index (χ2v) is 5.77. The standard InChI is InChI=1S/C17H25N3/c1-3-19-12-15-8-9-17(16(10-15)11-18)20(2)13-14-6-4-5-7-14/h8-10,14,19H,3-7,12-13H2,1-2H3. The maximum atomic E-state index is 9.38. The molecule has 1 aromatic rings. The van der Waals surface area contributed by atoms with E-state index in [0.29, 0.717) is 0 Å². The quantitative estimate of drug-likeness (QED) is 0.863. The third-order valence-electron chi connectivity index (χ3n) is 4.18. The van der Waals surface area contributed by atoms with Gasteiger partial charge in [0, 0.05) is 20.1 Å². The monoisotopic (exact) mass is 271 g/mol. The minimum absolute atomic E-state index is 0.793. The van der Waals surface area contributed by atoms with Gasteiger partial charge in [0.25, 0.3) is 0 Å². The van der Waals surface area contributed by atoms with E-state index in [9.17, 15) is 5.26 Å². The van der Waals surface area contributed by atoms with Crippen molar-refractivity contribution in [2.24, 2.45) is 5.92 Å². The highest BCUT2D eigenvalue weighted by Crippen LogP contribution is 2.28. The average molecular weight is 271 g/mol. The molecule has 0 atom stereocenters. The Kier molecular flexibility index (Phi) is 5.43. The molecule has 1 N–H and O–H groups in total. The molecule has 0 aromatic heterocycles. The summed E-state index contributed by atoms with van der Waals surface area (Å²) in [5.41, 5.74) is 3.04. The topological polar surface area (TPSA) is 39.1 Å². The van der Waals surface area contributed by atoms with Crippen molar-refractivity contribution in [3.8, 4) is 6.07 Å². The van der Waals surface area contributed by atoms with E-state index in [4.69, 9.17) is 0 Å². The van der Waals surface area contributed by atoms with Crippen LogP contribution in [0.5, 0.6) is 0 Å². The summed E-state index contributed by atoms with van der Waals surface area (Å²) >= 11 is 0. The van der Waals surface area contributed by atoms with Gasteiger partial charge in [-0.25, -0.2) is 0 Å². The third-order valence-corrected chi connectivity index (χ3v) is 4.18. The van der Waals surface area contributed by atoms with Gasteiger partial charge in [0.15, 0.2) is 0 Å². The fraction of sp³-hybridized carbons (Fsp3) is 0.588. The van der Waals surface area contributed by atoms with Crippen LogP contribution in [-0.4, -0.2) is 20.1 Å². The first-order valence-corrected chi connectivity index (χ1v) is 7.69. The minimum atomic E-state index is 0.793. The number of hydrogen-bond donors (Lipinski definition) is 1. The zero-order chi connectivity index (χ0) is 14.4. The first kappa shape index (κ1) is 14.9. The van der Waals surface area contributed by atoms with Crippen LogP contribution >= 0.6 is 0 Å². The first-order valence-electron chi connectivity index (χ1n) is 7.69. The summed E-state index contributed by atoms with van der Waals surface area (Å²) in [5, 5.41) is 12.7. The van der Waals surface area contributed by atoms with E-state index >= 15 is 0 Å². The summed E-state index contributed by atoms with van der Waals surface area (Å²) in [7, 11) is 2.11. The molecule has 0 spiro atoms. The second kappa shape index (κ2) is 7.31. The number of rotatable bonds is 6. The van der Waals surface area contributed by atoms with Crippen LogP contribution in [0.2, 0.25) is 0 Å². The molecular formula is C17H25N3. The van der Waals surface area contributed by atoms with Gasteiger partial charge in [0.05, 0.1) is 11.3 Å². The van der Waals surface area contributed by atoms with Gasteiger partial charge in [0.2, 0.25) is 0 Å².